The Balaban J connectivity index is 1.40. The summed E-state index contributed by atoms with van der Waals surface area (Å²) in [6.07, 6.45) is 13.6. The van der Waals surface area contributed by atoms with Gasteiger partial charge in [-0.05, 0) is 42.7 Å². The fourth-order valence-corrected chi connectivity index (χ4v) is 5.40. The maximum Gasteiger partial charge on any atom is 0.174 e. The number of pyridine rings is 1. The molecule has 31 heavy (non-hydrogen) atoms. The lowest BCUT2D eigenvalue weighted by atomic mass is 9.54. The van der Waals surface area contributed by atoms with Crippen LogP contribution in [0.4, 0.5) is 4.39 Å². The maximum atomic E-state index is 15.3. The van der Waals surface area contributed by atoms with E-state index in [1.165, 1.54) is 18.5 Å². The van der Waals surface area contributed by atoms with Crippen molar-refractivity contribution >= 4 is 6.08 Å². The van der Waals surface area contributed by atoms with Gasteiger partial charge in [0, 0.05) is 30.1 Å². The molecule has 160 valence electrons. The van der Waals surface area contributed by atoms with E-state index in [0.29, 0.717) is 22.9 Å². The van der Waals surface area contributed by atoms with Gasteiger partial charge in [0.1, 0.15) is 29.8 Å². The van der Waals surface area contributed by atoms with Gasteiger partial charge in [0.05, 0.1) is 11.8 Å². The predicted octanol–water partition coefficient (Wildman–Crippen LogP) is 4.54. The van der Waals surface area contributed by atoms with Crippen LogP contribution in [0.2, 0.25) is 0 Å². The molecule has 2 fully saturated rings. The quantitative estimate of drug-likeness (QED) is 0.669. The topological polar surface area (TPSA) is 89.6 Å². The van der Waals surface area contributed by atoms with Crippen molar-refractivity contribution < 1.29 is 9.50 Å². The van der Waals surface area contributed by atoms with Crippen LogP contribution < -0.4 is 0 Å². The Morgan fingerprint density at radius 1 is 1.19 bits per heavy atom. The SMILES string of the molecule is C[C@]12CCC[C@](C)(C1)[C@@H](F)/C(=C/c1ncc(-c3cnc(-n4ccnc4)cc3O)nn1)C2. The van der Waals surface area contributed by atoms with Gasteiger partial charge in [0.2, 0.25) is 0 Å². The molecule has 3 aromatic heterocycles. The molecule has 0 amide bonds. The molecular weight excluding hydrogens is 395 g/mol. The molecule has 3 aromatic rings. The average molecular weight is 420 g/mol. The Bertz CT molecular complexity index is 1130. The van der Waals surface area contributed by atoms with E-state index >= 15 is 4.39 Å². The molecule has 2 aliphatic carbocycles. The molecule has 2 aliphatic rings. The maximum absolute atomic E-state index is 15.3. The highest BCUT2D eigenvalue weighted by atomic mass is 19.1. The van der Waals surface area contributed by atoms with Gasteiger partial charge in [0.15, 0.2) is 5.82 Å². The van der Waals surface area contributed by atoms with Gasteiger partial charge in [0.25, 0.3) is 0 Å². The van der Waals surface area contributed by atoms with Crippen LogP contribution in [0.1, 0.15) is 51.8 Å². The summed E-state index contributed by atoms with van der Waals surface area (Å²) in [6, 6.07) is 1.53. The summed E-state index contributed by atoms with van der Waals surface area (Å²) in [7, 11) is 0. The first-order valence-electron chi connectivity index (χ1n) is 10.6. The molecule has 0 spiro atoms. The minimum atomic E-state index is -0.979. The van der Waals surface area contributed by atoms with Gasteiger partial charge in [-0.3, -0.25) is 4.57 Å². The van der Waals surface area contributed by atoms with Crippen LogP contribution in [-0.2, 0) is 0 Å². The minimum absolute atomic E-state index is 0.0192. The number of rotatable bonds is 3. The van der Waals surface area contributed by atoms with Gasteiger partial charge < -0.3 is 5.11 Å². The van der Waals surface area contributed by atoms with E-state index < -0.39 is 6.17 Å². The fraction of sp³-hybridized carbons (Fsp3) is 0.435. The van der Waals surface area contributed by atoms with E-state index in [2.05, 4.69) is 39.0 Å². The Morgan fingerprint density at radius 2 is 2.06 bits per heavy atom. The summed E-state index contributed by atoms with van der Waals surface area (Å²) in [5, 5.41) is 18.8. The molecule has 0 unspecified atom stereocenters. The van der Waals surface area contributed by atoms with E-state index in [4.69, 9.17) is 0 Å². The van der Waals surface area contributed by atoms with Crippen molar-refractivity contribution in [2.45, 2.75) is 52.1 Å². The van der Waals surface area contributed by atoms with Crippen molar-refractivity contribution in [3.8, 4) is 22.8 Å². The second kappa shape index (κ2) is 7.21. The highest BCUT2D eigenvalue weighted by Gasteiger charge is 2.50. The van der Waals surface area contributed by atoms with Crippen molar-refractivity contribution in [3.05, 3.63) is 48.6 Å². The third kappa shape index (κ3) is 3.60. The van der Waals surface area contributed by atoms with Crippen molar-refractivity contribution in [1.29, 1.82) is 0 Å². The van der Waals surface area contributed by atoms with Gasteiger partial charge >= 0.3 is 0 Å². The minimum Gasteiger partial charge on any atom is -0.507 e. The van der Waals surface area contributed by atoms with Crippen LogP contribution in [0.25, 0.3) is 23.2 Å². The van der Waals surface area contributed by atoms with E-state index in [0.717, 1.165) is 37.7 Å². The molecule has 8 heteroatoms. The third-order valence-corrected chi connectivity index (χ3v) is 6.73. The lowest BCUT2D eigenvalue weighted by Crippen LogP contribution is -2.45. The Labute approximate surface area is 180 Å². The van der Waals surface area contributed by atoms with Crippen LogP contribution in [0.3, 0.4) is 0 Å². The normalized spacial score (nSPS) is 29.3. The van der Waals surface area contributed by atoms with Crippen LogP contribution in [-0.4, -0.2) is 41.0 Å². The molecular formula is C23H25FN6O. The number of imidazole rings is 1. The summed E-state index contributed by atoms with van der Waals surface area (Å²) in [5.74, 6) is 0.946. The Kier molecular flexibility index (Phi) is 4.60. The van der Waals surface area contributed by atoms with Crippen LogP contribution in [0.5, 0.6) is 5.75 Å². The highest BCUT2D eigenvalue weighted by molar-refractivity contribution is 5.66. The second-order valence-corrected chi connectivity index (χ2v) is 9.48. The number of hydrogen-bond acceptors (Lipinski definition) is 6. The lowest BCUT2D eigenvalue weighted by molar-refractivity contribution is -0.00518. The molecule has 0 saturated heterocycles. The standard InChI is InChI=1S/C23H25FN6O/c1-22-4-3-5-23(2,13-22)21(24)15(10-22)8-19-26-12-17(28-29-19)16-11-27-20(9-18(16)31)30-7-6-25-14-30/h6-9,11-12,14,21H,3-5,10,13H2,1-2H3,(H,27,31)/b15-8+/t21-,22+,23+/m0/s1. The summed E-state index contributed by atoms with van der Waals surface area (Å²) >= 11 is 0. The number of aromatic hydroxyl groups is 1. The van der Waals surface area contributed by atoms with Gasteiger partial charge in [-0.15, -0.1) is 10.2 Å². The number of halogens is 1. The van der Waals surface area contributed by atoms with Crippen LogP contribution in [0.15, 0.2) is 42.8 Å². The van der Waals surface area contributed by atoms with Crippen molar-refractivity contribution in [3.63, 3.8) is 0 Å². The number of hydrogen-bond donors (Lipinski definition) is 1. The predicted molar refractivity (Wildman–Crippen MR) is 114 cm³/mol. The third-order valence-electron chi connectivity index (χ3n) is 6.73. The number of fused-ring (bicyclic) bond motifs is 2. The van der Waals surface area contributed by atoms with Gasteiger partial charge in [-0.25, -0.2) is 19.3 Å². The van der Waals surface area contributed by atoms with Gasteiger partial charge in [-0.2, -0.15) is 0 Å². The molecule has 3 atom stereocenters. The second-order valence-electron chi connectivity index (χ2n) is 9.48. The molecule has 0 radical (unpaired) electrons. The van der Waals surface area contributed by atoms with Crippen molar-refractivity contribution in [2.24, 2.45) is 10.8 Å². The smallest absolute Gasteiger partial charge is 0.174 e. The lowest BCUT2D eigenvalue weighted by Gasteiger charge is -2.52. The number of allylic oxidation sites excluding steroid dienone is 1. The summed E-state index contributed by atoms with van der Waals surface area (Å²) < 4.78 is 17.0. The molecule has 1 N–H and O–H groups in total. The summed E-state index contributed by atoms with van der Waals surface area (Å²) in [4.78, 5) is 12.7. The van der Waals surface area contributed by atoms with E-state index in [-0.39, 0.29) is 16.6 Å². The van der Waals surface area contributed by atoms with Gasteiger partial charge in [-0.1, -0.05) is 20.3 Å². The first-order valence-corrected chi connectivity index (χ1v) is 10.6. The van der Waals surface area contributed by atoms with E-state index in [9.17, 15) is 5.11 Å². The molecule has 2 saturated carbocycles. The molecule has 3 heterocycles. The Hall–Kier alpha value is -3.16. The van der Waals surface area contributed by atoms with E-state index in [1.54, 1.807) is 29.4 Å². The molecule has 0 aromatic carbocycles. The number of nitrogens with zero attached hydrogens (tertiary/aromatic N) is 6. The monoisotopic (exact) mass is 420 g/mol. The summed E-state index contributed by atoms with van der Waals surface area (Å²) in [5.41, 5.74) is 1.43. The average Bonchev–Trinajstić information content (AvgIpc) is 3.27. The van der Waals surface area contributed by atoms with E-state index in [1.807, 2.05) is 0 Å². The molecule has 2 bridgehead atoms. The largest absolute Gasteiger partial charge is 0.507 e. The highest BCUT2D eigenvalue weighted by Crippen LogP contribution is 2.58. The van der Waals surface area contributed by atoms with Crippen molar-refractivity contribution in [2.75, 3.05) is 0 Å². The van der Waals surface area contributed by atoms with Crippen LogP contribution >= 0.6 is 0 Å². The zero-order valence-electron chi connectivity index (χ0n) is 17.7. The molecule has 0 aliphatic heterocycles. The zero-order chi connectivity index (χ0) is 21.6. The van der Waals surface area contributed by atoms with Crippen LogP contribution in [0, 0.1) is 10.8 Å². The molecule has 7 nitrogen and oxygen atoms in total. The fourth-order valence-electron chi connectivity index (χ4n) is 5.40. The number of alkyl halides is 1. The number of aromatic nitrogens is 6. The first kappa shape index (κ1) is 19.8. The zero-order valence-corrected chi connectivity index (χ0v) is 17.7. The molecule has 5 rings (SSSR count). The summed E-state index contributed by atoms with van der Waals surface area (Å²) in [6.45, 7) is 4.32. The first-order chi connectivity index (χ1) is 14.9. The van der Waals surface area contributed by atoms with Crippen molar-refractivity contribution in [1.82, 2.24) is 29.7 Å². The Morgan fingerprint density at radius 3 is 2.77 bits per heavy atom.